The Labute approximate surface area is 153 Å². The van der Waals surface area contributed by atoms with Gasteiger partial charge in [-0.05, 0) is 36.7 Å². The SMILES string of the molecule is COc1cccc(C(=O)NCC(c2cccs2)N2CCN(C)CC2)c1. The van der Waals surface area contributed by atoms with Gasteiger partial charge in [0.25, 0.3) is 5.91 Å². The minimum Gasteiger partial charge on any atom is -0.497 e. The van der Waals surface area contributed by atoms with E-state index >= 15 is 0 Å². The third-order valence-corrected chi connectivity index (χ3v) is 5.61. The molecule has 1 aliphatic heterocycles. The van der Waals surface area contributed by atoms with Crippen LogP contribution in [0.4, 0.5) is 0 Å². The van der Waals surface area contributed by atoms with E-state index < -0.39 is 0 Å². The van der Waals surface area contributed by atoms with Crippen LogP contribution in [0.5, 0.6) is 5.75 Å². The van der Waals surface area contributed by atoms with Gasteiger partial charge in [0.15, 0.2) is 0 Å². The second-order valence-corrected chi connectivity index (χ2v) is 7.29. The fourth-order valence-corrected chi connectivity index (χ4v) is 3.94. The number of nitrogens with one attached hydrogen (secondary N) is 1. The van der Waals surface area contributed by atoms with Crippen molar-refractivity contribution >= 4 is 17.2 Å². The molecule has 1 aromatic heterocycles. The summed E-state index contributed by atoms with van der Waals surface area (Å²) in [6.07, 6.45) is 0. The first-order chi connectivity index (χ1) is 12.2. The maximum absolute atomic E-state index is 12.5. The largest absolute Gasteiger partial charge is 0.497 e. The predicted molar refractivity (Wildman–Crippen MR) is 101 cm³/mol. The molecule has 0 aliphatic carbocycles. The smallest absolute Gasteiger partial charge is 0.251 e. The van der Waals surface area contributed by atoms with Gasteiger partial charge in [0, 0.05) is 43.2 Å². The zero-order valence-corrected chi connectivity index (χ0v) is 15.6. The van der Waals surface area contributed by atoms with Gasteiger partial charge >= 0.3 is 0 Å². The van der Waals surface area contributed by atoms with Crippen molar-refractivity contribution in [3.8, 4) is 5.75 Å². The molecule has 2 heterocycles. The molecule has 1 N–H and O–H groups in total. The molecule has 0 bridgehead atoms. The molecule has 2 aromatic rings. The molecule has 134 valence electrons. The highest BCUT2D eigenvalue weighted by atomic mass is 32.1. The monoisotopic (exact) mass is 359 g/mol. The highest BCUT2D eigenvalue weighted by molar-refractivity contribution is 7.10. The van der Waals surface area contributed by atoms with Crippen LogP contribution in [0.15, 0.2) is 41.8 Å². The van der Waals surface area contributed by atoms with E-state index in [0.717, 1.165) is 26.2 Å². The molecule has 6 heteroatoms. The number of hydrogen-bond acceptors (Lipinski definition) is 5. The molecular formula is C19H25N3O2S. The second-order valence-electron chi connectivity index (χ2n) is 6.31. The maximum Gasteiger partial charge on any atom is 0.251 e. The van der Waals surface area contributed by atoms with Gasteiger partial charge in [-0.15, -0.1) is 11.3 Å². The van der Waals surface area contributed by atoms with Crippen LogP contribution in [0.25, 0.3) is 0 Å². The molecule has 1 unspecified atom stereocenters. The van der Waals surface area contributed by atoms with E-state index in [4.69, 9.17) is 4.74 Å². The van der Waals surface area contributed by atoms with Gasteiger partial charge in [0.1, 0.15) is 5.75 Å². The van der Waals surface area contributed by atoms with Crippen LogP contribution in [0, 0.1) is 0 Å². The van der Waals surface area contributed by atoms with Gasteiger partial charge in [-0.2, -0.15) is 0 Å². The number of carbonyl (C=O) groups excluding carboxylic acids is 1. The van der Waals surface area contributed by atoms with Crippen molar-refractivity contribution in [2.45, 2.75) is 6.04 Å². The molecule has 25 heavy (non-hydrogen) atoms. The van der Waals surface area contributed by atoms with Crippen molar-refractivity contribution in [2.75, 3.05) is 46.9 Å². The Bertz CT molecular complexity index is 682. The van der Waals surface area contributed by atoms with Gasteiger partial charge in [-0.25, -0.2) is 0 Å². The first-order valence-electron chi connectivity index (χ1n) is 8.55. The Morgan fingerprint density at radius 3 is 2.72 bits per heavy atom. The molecule has 1 fully saturated rings. The Morgan fingerprint density at radius 1 is 1.24 bits per heavy atom. The first-order valence-corrected chi connectivity index (χ1v) is 9.43. The minimum absolute atomic E-state index is 0.0606. The highest BCUT2D eigenvalue weighted by Gasteiger charge is 2.25. The Hall–Kier alpha value is -1.89. The van der Waals surface area contributed by atoms with Gasteiger partial charge < -0.3 is 15.0 Å². The van der Waals surface area contributed by atoms with Crippen LogP contribution in [0.3, 0.4) is 0 Å². The third kappa shape index (κ3) is 4.60. The van der Waals surface area contributed by atoms with Crippen LogP contribution < -0.4 is 10.1 Å². The summed E-state index contributed by atoms with van der Waals surface area (Å²) in [6, 6.07) is 11.7. The number of benzene rings is 1. The molecule has 0 spiro atoms. The number of methoxy groups -OCH3 is 1. The lowest BCUT2D eigenvalue weighted by Gasteiger charge is -2.37. The molecule has 1 aliphatic rings. The van der Waals surface area contributed by atoms with Crippen LogP contribution in [-0.4, -0.2) is 62.6 Å². The summed E-state index contributed by atoms with van der Waals surface area (Å²) in [5.41, 5.74) is 0.627. The van der Waals surface area contributed by atoms with Crippen LogP contribution in [0.1, 0.15) is 21.3 Å². The highest BCUT2D eigenvalue weighted by Crippen LogP contribution is 2.25. The van der Waals surface area contributed by atoms with Crippen LogP contribution in [-0.2, 0) is 0 Å². The number of ether oxygens (including phenoxy) is 1. The standard InChI is InChI=1S/C19H25N3O2S/c1-21-8-10-22(11-9-21)17(18-7-4-12-25-18)14-20-19(23)15-5-3-6-16(13-15)24-2/h3-7,12-13,17H,8-11,14H2,1-2H3,(H,20,23). The number of rotatable bonds is 6. The van der Waals surface area contributed by atoms with Crippen molar-refractivity contribution in [2.24, 2.45) is 0 Å². The first kappa shape index (κ1) is 17.9. The third-order valence-electron chi connectivity index (χ3n) is 4.64. The summed E-state index contributed by atoms with van der Waals surface area (Å²) in [5, 5.41) is 5.20. The molecule has 5 nitrogen and oxygen atoms in total. The van der Waals surface area contributed by atoms with Crippen molar-refractivity contribution in [1.29, 1.82) is 0 Å². The molecule has 0 radical (unpaired) electrons. The molecule has 3 rings (SSSR count). The van der Waals surface area contributed by atoms with Crippen molar-refractivity contribution in [1.82, 2.24) is 15.1 Å². The molecule has 1 amide bonds. The van der Waals surface area contributed by atoms with E-state index in [2.05, 4.69) is 39.7 Å². The summed E-state index contributed by atoms with van der Waals surface area (Å²) in [4.78, 5) is 18.6. The van der Waals surface area contributed by atoms with E-state index in [-0.39, 0.29) is 11.9 Å². The lowest BCUT2D eigenvalue weighted by Crippen LogP contribution is -2.48. The summed E-state index contributed by atoms with van der Waals surface area (Å²) in [7, 11) is 3.76. The summed E-state index contributed by atoms with van der Waals surface area (Å²) in [6.45, 7) is 4.78. The van der Waals surface area contributed by atoms with Crippen molar-refractivity contribution < 1.29 is 9.53 Å². The number of amides is 1. The number of piperazine rings is 1. The molecule has 0 saturated carbocycles. The zero-order chi connectivity index (χ0) is 17.6. The zero-order valence-electron chi connectivity index (χ0n) is 14.8. The molecule has 1 saturated heterocycles. The van der Waals surface area contributed by atoms with E-state index in [1.165, 1.54) is 4.88 Å². The number of likely N-dealkylation sites (N-methyl/N-ethyl adjacent to an activating group) is 1. The van der Waals surface area contributed by atoms with E-state index in [1.807, 2.05) is 18.2 Å². The van der Waals surface area contributed by atoms with Gasteiger partial charge in [0.2, 0.25) is 0 Å². The second kappa shape index (κ2) is 8.47. The number of carbonyl (C=O) groups is 1. The average Bonchev–Trinajstić information content (AvgIpc) is 3.17. The van der Waals surface area contributed by atoms with Crippen LogP contribution in [0.2, 0.25) is 0 Å². The fourth-order valence-electron chi connectivity index (χ4n) is 3.08. The van der Waals surface area contributed by atoms with Crippen molar-refractivity contribution in [3.05, 3.63) is 52.2 Å². The van der Waals surface area contributed by atoms with Gasteiger partial charge in [-0.1, -0.05) is 12.1 Å². The topological polar surface area (TPSA) is 44.8 Å². The Morgan fingerprint density at radius 2 is 2.04 bits per heavy atom. The molecule has 1 aromatic carbocycles. The fraction of sp³-hybridized carbons (Fsp3) is 0.421. The number of thiophene rings is 1. The summed E-state index contributed by atoms with van der Waals surface area (Å²) >= 11 is 1.75. The van der Waals surface area contributed by atoms with E-state index in [9.17, 15) is 4.79 Å². The van der Waals surface area contributed by atoms with Gasteiger partial charge in [-0.3, -0.25) is 9.69 Å². The van der Waals surface area contributed by atoms with E-state index in [0.29, 0.717) is 17.9 Å². The Balaban J connectivity index is 1.67. The predicted octanol–water partition coefficient (Wildman–Crippen LogP) is 2.48. The van der Waals surface area contributed by atoms with Crippen LogP contribution >= 0.6 is 11.3 Å². The molecular weight excluding hydrogens is 334 g/mol. The number of hydrogen-bond donors (Lipinski definition) is 1. The van der Waals surface area contributed by atoms with E-state index in [1.54, 1.807) is 24.5 Å². The minimum atomic E-state index is -0.0606. The quantitative estimate of drug-likeness (QED) is 0.861. The summed E-state index contributed by atoms with van der Waals surface area (Å²) < 4.78 is 5.20. The lowest BCUT2D eigenvalue weighted by atomic mass is 10.1. The normalized spacial score (nSPS) is 17.2. The van der Waals surface area contributed by atoms with Crippen molar-refractivity contribution in [3.63, 3.8) is 0 Å². The lowest BCUT2D eigenvalue weighted by molar-refractivity contribution is 0.0890. The number of nitrogens with zero attached hydrogens (tertiary/aromatic N) is 2. The molecule has 1 atom stereocenters. The average molecular weight is 359 g/mol. The van der Waals surface area contributed by atoms with Gasteiger partial charge in [0.05, 0.1) is 13.2 Å². The Kier molecular flexibility index (Phi) is 6.07. The maximum atomic E-state index is 12.5. The summed E-state index contributed by atoms with van der Waals surface area (Å²) in [5.74, 6) is 0.635.